The van der Waals surface area contributed by atoms with Crippen molar-refractivity contribution in [3.05, 3.63) is 0 Å². The van der Waals surface area contributed by atoms with Crippen LogP contribution in [0.2, 0.25) is 0 Å². The standard InChI is InChI=1S/C5H8O2.Co/c1-3-5(7)4(2)6;/h3H2,1-2H3;/q;+2. The molecule has 3 heteroatoms. The summed E-state index contributed by atoms with van der Waals surface area (Å²) in [5.74, 6) is -0.637. The predicted octanol–water partition coefficient (Wildman–Crippen LogP) is 0.552. The molecule has 0 aromatic carbocycles. The summed E-state index contributed by atoms with van der Waals surface area (Å²) in [5.41, 5.74) is 0. The van der Waals surface area contributed by atoms with Crippen LogP contribution in [-0.4, -0.2) is 11.6 Å². The summed E-state index contributed by atoms with van der Waals surface area (Å²) >= 11 is 0. The van der Waals surface area contributed by atoms with Gasteiger partial charge in [0.25, 0.3) is 0 Å². The smallest absolute Gasteiger partial charge is 0.291 e. The number of hydrogen-bond acceptors (Lipinski definition) is 2. The second-order valence-corrected chi connectivity index (χ2v) is 1.33. The molecule has 0 aliphatic carbocycles. The molecule has 0 saturated carbocycles. The predicted molar refractivity (Wildman–Crippen MR) is 26.0 cm³/mol. The van der Waals surface area contributed by atoms with Gasteiger partial charge in [-0.15, -0.1) is 0 Å². The zero-order valence-electron chi connectivity index (χ0n) is 4.86. The van der Waals surface area contributed by atoms with Crippen LogP contribution in [0.15, 0.2) is 0 Å². The van der Waals surface area contributed by atoms with Crippen LogP contribution in [-0.2, 0) is 26.4 Å². The Morgan fingerprint density at radius 2 is 1.75 bits per heavy atom. The van der Waals surface area contributed by atoms with Crippen molar-refractivity contribution >= 4 is 11.6 Å². The molecule has 0 heterocycles. The molecule has 2 nitrogen and oxygen atoms in total. The van der Waals surface area contributed by atoms with Crippen molar-refractivity contribution in [2.45, 2.75) is 20.3 Å². The van der Waals surface area contributed by atoms with Gasteiger partial charge < -0.3 is 0 Å². The Hall–Kier alpha value is -0.154. The molecule has 0 atom stereocenters. The minimum atomic E-state index is -0.345. The summed E-state index contributed by atoms with van der Waals surface area (Å²) in [7, 11) is 0. The fraction of sp³-hybridized carbons (Fsp3) is 0.600. The Kier molecular flexibility index (Phi) is 6.72. The molecule has 0 amide bonds. The second kappa shape index (κ2) is 4.99. The molecule has 0 aliphatic heterocycles. The first-order chi connectivity index (χ1) is 3.18. The zero-order valence-corrected chi connectivity index (χ0v) is 5.90. The maximum atomic E-state index is 10.2. The van der Waals surface area contributed by atoms with Gasteiger partial charge in [-0.25, -0.2) is 0 Å². The van der Waals surface area contributed by atoms with Gasteiger partial charge in [0.15, 0.2) is 11.6 Å². The Bertz CT molecular complexity index is 98.6. The maximum absolute atomic E-state index is 10.2. The van der Waals surface area contributed by atoms with E-state index in [2.05, 4.69) is 0 Å². The van der Waals surface area contributed by atoms with E-state index in [1.165, 1.54) is 6.92 Å². The van der Waals surface area contributed by atoms with Crippen molar-refractivity contribution in [1.29, 1.82) is 0 Å². The number of Topliss-reactive ketones (excluding diaryl/α,β-unsaturated/α-hetero) is 2. The van der Waals surface area contributed by atoms with Crippen molar-refractivity contribution in [2.24, 2.45) is 0 Å². The molecule has 0 spiro atoms. The van der Waals surface area contributed by atoms with Crippen LogP contribution in [0.1, 0.15) is 20.3 Å². The minimum absolute atomic E-state index is 0. The second-order valence-electron chi connectivity index (χ2n) is 1.33. The zero-order chi connectivity index (χ0) is 5.86. The van der Waals surface area contributed by atoms with Gasteiger partial charge in [0.2, 0.25) is 0 Å². The average molecular weight is 159 g/mol. The SMILES string of the molecule is CCC(=O)C(C)=O.[Co+2]. The summed E-state index contributed by atoms with van der Waals surface area (Å²) in [6.07, 6.45) is 0.329. The van der Waals surface area contributed by atoms with Crippen LogP contribution in [0.3, 0.4) is 0 Å². The summed E-state index contributed by atoms with van der Waals surface area (Å²) in [6, 6.07) is 0. The molecule has 1 radical (unpaired) electrons. The van der Waals surface area contributed by atoms with Crippen LogP contribution in [0.5, 0.6) is 0 Å². The van der Waals surface area contributed by atoms with Crippen molar-refractivity contribution < 1.29 is 26.4 Å². The first-order valence-corrected chi connectivity index (χ1v) is 2.22. The number of carbonyl (C=O) groups excluding carboxylic acids is 2. The van der Waals surface area contributed by atoms with Gasteiger partial charge in [0.1, 0.15) is 0 Å². The van der Waals surface area contributed by atoms with Crippen LogP contribution in [0.4, 0.5) is 0 Å². The third-order valence-electron chi connectivity index (χ3n) is 0.714. The van der Waals surface area contributed by atoms with E-state index in [0.717, 1.165) is 0 Å². The van der Waals surface area contributed by atoms with Crippen LogP contribution >= 0.6 is 0 Å². The largest absolute Gasteiger partial charge is 2.00 e. The molecule has 0 saturated heterocycles. The van der Waals surface area contributed by atoms with E-state index >= 15 is 0 Å². The van der Waals surface area contributed by atoms with Crippen LogP contribution in [0.25, 0.3) is 0 Å². The number of ketones is 2. The van der Waals surface area contributed by atoms with Gasteiger partial charge in [-0.2, -0.15) is 0 Å². The summed E-state index contributed by atoms with van der Waals surface area (Å²) in [4.78, 5) is 20.2. The van der Waals surface area contributed by atoms with Gasteiger partial charge in [0, 0.05) is 13.3 Å². The van der Waals surface area contributed by atoms with Crippen molar-refractivity contribution in [3.63, 3.8) is 0 Å². The molecule has 0 aromatic heterocycles. The Balaban J connectivity index is 0. The van der Waals surface area contributed by atoms with Crippen molar-refractivity contribution in [3.8, 4) is 0 Å². The van der Waals surface area contributed by atoms with Crippen molar-refractivity contribution in [2.75, 3.05) is 0 Å². The van der Waals surface area contributed by atoms with E-state index in [1.807, 2.05) is 0 Å². The molecule has 0 N–H and O–H groups in total. The molecular formula is C5H8CoO2+2. The van der Waals surface area contributed by atoms with E-state index in [4.69, 9.17) is 0 Å². The molecule has 47 valence electrons. The molecule has 0 fully saturated rings. The molecular weight excluding hydrogens is 151 g/mol. The van der Waals surface area contributed by atoms with Crippen LogP contribution < -0.4 is 0 Å². The van der Waals surface area contributed by atoms with Gasteiger partial charge in [-0.3, -0.25) is 9.59 Å². The molecule has 0 rings (SSSR count). The number of carbonyl (C=O) groups is 2. The van der Waals surface area contributed by atoms with Gasteiger partial charge >= 0.3 is 16.8 Å². The third kappa shape index (κ3) is 4.02. The Morgan fingerprint density at radius 1 is 1.38 bits per heavy atom. The fourth-order valence-electron chi connectivity index (χ4n) is 0.249. The summed E-state index contributed by atoms with van der Waals surface area (Å²) in [5, 5.41) is 0. The quantitative estimate of drug-likeness (QED) is 0.551. The van der Waals surface area contributed by atoms with E-state index in [-0.39, 0.29) is 28.3 Å². The molecule has 0 aromatic rings. The topological polar surface area (TPSA) is 34.1 Å². The molecule has 0 bridgehead atoms. The first-order valence-electron chi connectivity index (χ1n) is 2.22. The Labute approximate surface area is 58.8 Å². The fourth-order valence-corrected chi connectivity index (χ4v) is 0.249. The normalized spacial score (nSPS) is 7.25. The first kappa shape index (κ1) is 10.8. The van der Waals surface area contributed by atoms with E-state index in [1.54, 1.807) is 6.92 Å². The average Bonchev–Trinajstić information content (AvgIpc) is 1.65. The van der Waals surface area contributed by atoms with E-state index < -0.39 is 0 Å². The Morgan fingerprint density at radius 3 is 1.75 bits per heavy atom. The van der Waals surface area contributed by atoms with Gasteiger partial charge in [-0.05, 0) is 0 Å². The number of rotatable bonds is 2. The molecule has 0 aliphatic rings. The maximum Gasteiger partial charge on any atom is 2.00 e. The molecule has 8 heavy (non-hydrogen) atoms. The third-order valence-corrected chi connectivity index (χ3v) is 0.714. The van der Waals surface area contributed by atoms with Gasteiger partial charge in [-0.1, -0.05) is 6.92 Å². The van der Waals surface area contributed by atoms with E-state index in [0.29, 0.717) is 6.42 Å². The molecule has 0 unspecified atom stereocenters. The minimum Gasteiger partial charge on any atom is -0.291 e. The van der Waals surface area contributed by atoms with Gasteiger partial charge in [0.05, 0.1) is 0 Å². The summed E-state index contributed by atoms with van der Waals surface area (Å²) < 4.78 is 0. The van der Waals surface area contributed by atoms with Crippen LogP contribution in [0, 0.1) is 0 Å². The van der Waals surface area contributed by atoms with E-state index in [9.17, 15) is 9.59 Å². The monoisotopic (exact) mass is 159 g/mol. The van der Waals surface area contributed by atoms with Crippen molar-refractivity contribution in [1.82, 2.24) is 0 Å². The summed E-state index contributed by atoms with van der Waals surface area (Å²) in [6.45, 7) is 2.95. The number of hydrogen-bond donors (Lipinski definition) is 0.